The molecule has 2 fully saturated rings. The third kappa shape index (κ3) is 11.0. The summed E-state index contributed by atoms with van der Waals surface area (Å²) >= 11 is 0. The number of unbranched alkanes of at least 4 members (excludes halogenated alkanes) is 3. The third-order valence-corrected chi connectivity index (χ3v) is 15.8. The Bertz CT molecular complexity index is 3010. The number of nitrogens with one attached hydrogen (secondary N) is 4. The molecule has 2 aliphatic heterocycles. The zero-order chi connectivity index (χ0) is 51.3. The number of hydrogen-bond acceptors (Lipinski definition) is 10. The summed E-state index contributed by atoms with van der Waals surface area (Å²) in [7, 11) is 3.34. The Hall–Kier alpha value is -6.78. The number of piperidine rings is 2. The van der Waals surface area contributed by atoms with Gasteiger partial charge in [-0.3, -0.25) is 9.59 Å². The van der Waals surface area contributed by atoms with Crippen molar-refractivity contribution in [1.82, 2.24) is 59.6 Å². The van der Waals surface area contributed by atoms with E-state index in [1.165, 1.54) is 33.0 Å². The van der Waals surface area contributed by atoms with Crippen molar-refractivity contribution in [2.24, 2.45) is 0 Å². The Morgan fingerprint density at radius 2 is 1.03 bits per heavy atom. The number of amides is 2. The van der Waals surface area contributed by atoms with Gasteiger partial charge >= 0.3 is 0 Å². The van der Waals surface area contributed by atoms with Crippen molar-refractivity contribution in [3.63, 3.8) is 0 Å². The van der Waals surface area contributed by atoms with E-state index in [0.29, 0.717) is 72.4 Å². The molecule has 10 rings (SSSR count). The van der Waals surface area contributed by atoms with Gasteiger partial charge < -0.3 is 39.9 Å². The summed E-state index contributed by atoms with van der Waals surface area (Å²) in [6.45, 7) is 16.2. The number of aromatic amines is 2. The summed E-state index contributed by atoms with van der Waals surface area (Å²) in [4.78, 5) is 46.5. The number of pyridine rings is 2. The summed E-state index contributed by atoms with van der Waals surface area (Å²) in [5.41, 5.74) is 13.3. The van der Waals surface area contributed by atoms with E-state index in [9.17, 15) is 9.59 Å². The Morgan fingerprint density at radius 1 is 0.608 bits per heavy atom. The minimum atomic E-state index is 0.123. The molecule has 2 aliphatic rings. The van der Waals surface area contributed by atoms with Crippen molar-refractivity contribution in [2.45, 2.75) is 116 Å². The second-order valence-corrected chi connectivity index (χ2v) is 21.2. The molecular weight excluding hydrogens is 929 g/mol. The van der Waals surface area contributed by atoms with Crippen LogP contribution < -0.4 is 20.1 Å². The molecule has 74 heavy (non-hydrogen) atoms. The summed E-state index contributed by atoms with van der Waals surface area (Å²) in [6, 6.07) is 18.0. The molecule has 0 spiro atoms. The first-order valence-corrected chi connectivity index (χ1v) is 27.1. The van der Waals surface area contributed by atoms with Crippen LogP contribution in [0.5, 0.6) is 11.5 Å². The third-order valence-electron chi connectivity index (χ3n) is 15.8. The molecule has 16 heteroatoms. The molecule has 4 N–H and O–H groups in total. The van der Waals surface area contributed by atoms with Crippen LogP contribution in [0.4, 0.5) is 0 Å². The second kappa shape index (κ2) is 22.8. The van der Waals surface area contributed by atoms with Gasteiger partial charge in [-0.25, -0.2) is 19.0 Å². The predicted molar refractivity (Wildman–Crippen MR) is 292 cm³/mol. The number of nitrogens with zero attached hydrogens (tertiary/aromatic N) is 8. The molecule has 0 bridgehead atoms. The van der Waals surface area contributed by atoms with Crippen LogP contribution in [0.25, 0.3) is 55.6 Å². The van der Waals surface area contributed by atoms with Crippen LogP contribution in [0.3, 0.4) is 0 Å². The molecule has 8 aromatic rings. The number of carbonyl (C=O) groups excluding carboxylic acids is 2. The number of fused-ring (bicyclic) bond motifs is 4. The van der Waals surface area contributed by atoms with E-state index in [-0.39, 0.29) is 11.8 Å². The molecule has 0 saturated carbocycles. The van der Waals surface area contributed by atoms with Crippen LogP contribution in [0.1, 0.15) is 138 Å². The van der Waals surface area contributed by atoms with E-state index in [1.54, 1.807) is 35.9 Å². The minimum absolute atomic E-state index is 0.123. The molecule has 390 valence electrons. The molecule has 0 unspecified atom stereocenters. The van der Waals surface area contributed by atoms with Gasteiger partial charge in [0.15, 0.2) is 22.8 Å². The number of ether oxygens (including phenoxy) is 2. The maximum Gasteiger partial charge on any atom is 0.220 e. The Labute approximate surface area is 434 Å². The van der Waals surface area contributed by atoms with Crippen molar-refractivity contribution in [1.29, 1.82) is 0 Å². The van der Waals surface area contributed by atoms with E-state index in [1.807, 2.05) is 24.5 Å². The van der Waals surface area contributed by atoms with Crippen LogP contribution in [0.2, 0.25) is 0 Å². The van der Waals surface area contributed by atoms with Gasteiger partial charge in [-0.2, -0.15) is 10.2 Å². The van der Waals surface area contributed by atoms with Gasteiger partial charge in [0, 0.05) is 84.3 Å². The highest BCUT2D eigenvalue weighted by Crippen LogP contribution is 2.41. The van der Waals surface area contributed by atoms with Crippen molar-refractivity contribution < 1.29 is 19.1 Å². The number of benzene rings is 2. The van der Waals surface area contributed by atoms with Gasteiger partial charge in [0.25, 0.3) is 0 Å². The fourth-order valence-electron chi connectivity index (χ4n) is 11.8. The van der Waals surface area contributed by atoms with E-state index < -0.39 is 0 Å². The van der Waals surface area contributed by atoms with Crippen molar-refractivity contribution in [3.05, 3.63) is 95.8 Å². The van der Waals surface area contributed by atoms with E-state index in [2.05, 4.69) is 115 Å². The molecule has 2 saturated heterocycles. The van der Waals surface area contributed by atoms with E-state index >= 15 is 0 Å². The van der Waals surface area contributed by atoms with Crippen molar-refractivity contribution >= 4 is 44.9 Å². The minimum Gasteiger partial charge on any atom is -0.493 e. The van der Waals surface area contributed by atoms with Crippen LogP contribution in [0, 0.1) is 0 Å². The molecule has 6 aromatic heterocycles. The molecular formula is C58H74N12O4. The zero-order valence-corrected chi connectivity index (χ0v) is 44.2. The normalized spacial score (nSPS) is 15.4. The highest BCUT2D eigenvalue weighted by Gasteiger charge is 2.26. The van der Waals surface area contributed by atoms with Gasteiger partial charge in [-0.05, 0) is 147 Å². The Balaban J connectivity index is 0.589. The van der Waals surface area contributed by atoms with Crippen LogP contribution in [-0.4, -0.2) is 127 Å². The fraction of sp³-hybridized carbons (Fsp3) is 0.483. The number of aromatic nitrogens is 8. The first-order chi connectivity index (χ1) is 36.0. The number of H-pyrrole nitrogens is 2. The number of likely N-dealkylation sites (tertiary alicyclic amines) is 2. The maximum atomic E-state index is 12.7. The lowest BCUT2D eigenvalue weighted by molar-refractivity contribution is -0.122. The van der Waals surface area contributed by atoms with Gasteiger partial charge in [0.1, 0.15) is 12.7 Å². The van der Waals surface area contributed by atoms with Crippen LogP contribution >= 0.6 is 0 Å². The predicted octanol–water partition coefficient (Wildman–Crippen LogP) is 9.96. The Morgan fingerprint density at radius 3 is 1.42 bits per heavy atom. The van der Waals surface area contributed by atoms with Gasteiger partial charge in [-0.1, -0.05) is 52.7 Å². The first kappa shape index (κ1) is 50.7. The lowest BCUT2D eigenvalue weighted by Gasteiger charge is -2.32. The van der Waals surface area contributed by atoms with Crippen molar-refractivity contribution in [2.75, 3.05) is 66.6 Å². The maximum absolute atomic E-state index is 12.7. The highest BCUT2D eigenvalue weighted by atomic mass is 16.5. The lowest BCUT2D eigenvalue weighted by Crippen LogP contribution is -2.39. The molecule has 2 aromatic carbocycles. The topological polar surface area (TPSA) is 175 Å². The molecule has 0 atom stereocenters. The van der Waals surface area contributed by atoms with E-state index in [0.717, 1.165) is 124 Å². The number of rotatable bonds is 21. The average molecular weight is 1000 g/mol. The van der Waals surface area contributed by atoms with Gasteiger partial charge in [0.2, 0.25) is 11.8 Å². The zero-order valence-electron chi connectivity index (χ0n) is 44.2. The smallest absolute Gasteiger partial charge is 0.220 e. The summed E-state index contributed by atoms with van der Waals surface area (Å²) in [5, 5.41) is 17.6. The monoisotopic (exact) mass is 1000 g/mol. The average Bonchev–Trinajstić information content (AvgIpc) is 4.25. The molecule has 8 heterocycles. The van der Waals surface area contributed by atoms with Gasteiger partial charge in [0.05, 0.1) is 25.6 Å². The molecule has 0 aliphatic carbocycles. The summed E-state index contributed by atoms with van der Waals surface area (Å²) in [6.07, 6.45) is 16.2. The molecule has 16 nitrogen and oxygen atoms in total. The highest BCUT2D eigenvalue weighted by molar-refractivity contribution is 5.93. The quantitative estimate of drug-likeness (QED) is 0.0507. The van der Waals surface area contributed by atoms with E-state index in [4.69, 9.17) is 9.47 Å². The second-order valence-electron chi connectivity index (χ2n) is 21.2. The first-order valence-electron chi connectivity index (χ1n) is 27.1. The molecule has 2 amide bonds. The molecule has 0 radical (unpaired) electrons. The van der Waals surface area contributed by atoms with Gasteiger partial charge in [-0.15, -0.1) is 0 Å². The standard InChI is InChI=1S/C58H74N12O4/c1-37(2)53-45-29-41(13-15-47(45)65-55(53)43-31-49(73-5)57-61-35-63-69(57)33-43)39-17-23-67(24-18-39)27-21-59-51(71)11-9-7-8-10-12-52(72)60-22-28-68-25-19-40(20-26-68)42-14-16-48-46(30-42)54(38(3)4)56(66-48)44-32-50(74-6)58-62-36-64-70(58)34-44/h13-16,29-40,65-66H,7-12,17-28H2,1-6H3,(H,59,71)(H,60,72). The fourth-order valence-corrected chi connectivity index (χ4v) is 11.8. The summed E-state index contributed by atoms with van der Waals surface area (Å²) in [5.74, 6) is 3.28. The largest absolute Gasteiger partial charge is 0.493 e. The number of carbonyl (C=O) groups is 2. The summed E-state index contributed by atoms with van der Waals surface area (Å²) < 4.78 is 14.9. The number of hydrogen-bond donors (Lipinski definition) is 4. The SMILES string of the molecule is COc1cc(-c2[nH]c3ccc(C4CCN(CCNC(=O)CCCCCCC(=O)NCCN5CCC(c6ccc7[nH]c(-c8cc(OC)c9ncnn9c8)c(C(C)C)c7c6)CC5)CC4)cc3c2C(C)C)cn2ncnc12. The van der Waals surface area contributed by atoms with Crippen LogP contribution in [0.15, 0.2) is 73.6 Å². The lowest BCUT2D eigenvalue weighted by atomic mass is 9.87. The Kier molecular flexibility index (Phi) is 15.6. The number of methoxy groups -OCH3 is 2. The van der Waals surface area contributed by atoms with Crippen LogP contribution in [-0.2, 0) is 9.59 Å². The van der Waals surface area contributed by atoms with Crippen molar-refractivity contribution in [3.8, 4) is 34.0 Å².